The van der Waals surface area contributed by atoms with Crippen LogP contribution in [0.1, 0.15) is 38.3 Å². The maximum Gasteiger partial charge on any atom is 0.230 e. The molecule has 3 nitrogen and oxygen atoms in total. The van der Waals surface area contributed by atoms with E-state index in [1.54, 1.807) is 0 Å². The van der Waals surface area contributed by atoms with Gasteiger partial charge < -0.3 is 10.2 Å². The zero-order valence-electron chi connectivity index (χ0n) is 16.0. The highest BCUT2D eigenvalue weighted by Crippen LogP contribution is 2.25. The Morgan fingerprint density at radius 3 is 2.59 bits per heavy atom. The van der Waals surface area contributed by atoms with Crippen molar-refractivity contribution in [1.82, 2.24) is 5.32 Å². The molecule has 0 saturated carbocycles. The average molecular weight is 403 g/mol. The Hall–Kier alpha value is -1.65. The number of halogens is 1. The number of anilines is 1. The third-order valence-electron chi connectivity index (χ3n) is 4.98. The lowest BCUT2D eigenvalue weighted by Crippen LogP contribution is -2.34. The number of piperidine rings is 1. The lowest BCUT2D eigenvalue weighted by atomic mass is 9.99. The van der Waals surface area contributed by atoms with E-state index in [-0.39, 0.29) is 11.9 Å². The molecule has 144 valence electrons. The van der Waals surface area contributed by atoms with Gasteiger partial charge in [0.2, 0.25) is 5.91 Å². The molecule has 1 aliphatic heterocycles. The number of carbonyl (C=O) groups is 1. The molecule has 0 aromatic heterocycles. The van der Waals surface area contributed by atoms with E-state index in [1.165, 1.54) is 30.3 Å². The fourth-order valence-electron chi connectivity index (χ4n) is 3.44. The summed E-state index contributed by atoms with van der Waals surface area (Å²) >= 11 is 7.41. The van der Waals surface area contributed by atoms with Crippen LogP contribution in [0.25, 0.3) is 0 Å². The number of hydrogen-bond acceptors (Lipinski definition) is 3. The molecule has 0 aliphatic carbocycles. The summed E-state index contributed by atoms with van der Waals surface area (Å²) in [5.41, 5.74) is 2.41. The topological polar surface area (TPSA) is 32.3 Å². The number of amides is 1. The number of benzene rings is 2. The van der Waals surface area contributed by atoms with Gasteiger partial charge in [0.1, 0.15) is 0 Å². The molecular formula is C22H27ClN2OS. The second-order valence-corrected chi connectivity index (χ2v) is 8.80. The van der Waals surface area contributed by atoms with Crippen LogP contribution in [0.4, 0.5) is 5.69 Å². The second-order valence-electron chi connectivity index (χ2n) is 7.32. The van der Waals surface area contributed by atoms with Crippen molar-refractivity contribution in [2.45, 2.75) is 37.6 Å². The van der Waals surface area contributed by atoms with Gasteiger partial charge in [0.15, 0.2) is 0 Å². The van der Waals surface area contributed by atoms with E-state index in [0.29, 0.717) is 10.8 Å². The number of rotatable bonds is 6. The summed E-state index contributed by atoms with van der Waals surface area (Å²) in [6.07, 6.45) is 2.59. The minimum absolute atomic E-state index is 0.00218. The molecule has 1 aliphatic rings. The van der Waals surface area contributed by atoms with Crippen LogP contribution in [-0.2, 0) is 4.79 Å². The van der Waals surface area contributed by atoms with E-state index in [9.17, 15) is 4.79 Å². The summed E-state index contributed by atoms with van der Waals surface area (Å²) in [6, 6.07) is 16.2. The van der Waals surface area contributed by atoms with Crippen molar-refractivity contribution >= 4 is 35.0 Å². The van der Waals surface area contributed by atoms with E-state index in [4.69, 9.17) is 11.6 Å². The van der Waals surface area contributed by atoms with Gasteiger partial charge in [-0.2, -0.15) is 0 Å². The van der Waals surface area contributed by atoms with Crippen molar-refractivity contribution in [2.75, 3.05) is 23.7 Å². The Morgan fingerprint density at radius 1 is 1.22 bits per heavy atom. The quantitative estimate of drug-likeness (QED) is 0.643. The van der Waals surface area contributed by atoms with Crippen LogP contribution in [0.3, 0.4) is 0 Å². The van der Waals surface area contributed by atoms with Crippen LogP contribution in [0.15, 0.2) is 53.4 Å². The van der Waals surface area contributed by atoms with Crippen molar-refractivity contribution in [1.29, 1.82) is 0 Å². The highest BCUT2D eigenvalue weighted by molar-refractivity contribution is 8.00. The molecule has 2 atom stereocenters. The molecule has 1 saturated heterocycles. The smallest absolute Gasteiger partial charge is 0.230 e. The van der Waals surface area contributed by atoms with Crippen LogP contribution in [-0.4, -0.2) is 24.7 Å². The molecular weight excluding hydrogens is 376 g/mol. The number of carbonyl (C=O) groups excluding carboxylic acids is 1. The SMILES string of the molecule is C[C@@H]1CCCN(c2ccc([C@H](C)NC(=O)CSc3ccc(Cl)cc3)cc2)C1. The largest absolute Gasteiger partial charge is 0.371 e. The van der Waals surface area contributed by atoms with E-state index in [2.05, 4.69) is 41.4 Å². The molecule has 2 aromatic rings. The van der Waals surface area contributed by atoms with Crippen molar-refractivity contribution in [2.24, 2.45) is 5.92 Å². The molecule has 2 aromatic carbocycles. The van der Waals surface area contributed by atoms with E-state index in [1.807, 2.05) is 31.2 Å². The molecule has 0 radical (unpaired) electrons. The fourth-order valence-corrected chi connectivity index (χ4v) is 4.28. The summed E-state index contributed by atoms with van der Waals surface area (Å²) in [5, 5.41) is 3.79. The van der Waals surface area contributed by atoms with Gasteiger partial charge in [-0.15, -0.1) is 11.8 Å². The lowest BCUT2D eigenvalue weighted by molar-refractivity contribution is -0.119. The first-order chi connectivity index (χ1) is 13.0. The first-order valence-electron chi connectivity index (χ1n) is 9.54. The zero-order chi connectivity index (χ0) is 19.2. The van der Waals surface area contributed by atoms with Crippen molar-refractivity contribution < 1.29 is 4.79 Å². The standard InChI is InChI=1S/C22H27ClN2OS/c1-16-4-3-13-25(14-16)20-9-5-18(6-10-20)17(2)24-22(26)15-27-21-11-7-19(23)8-12-21/h5-12,16-17H,3-4,13-15H2,1-2H3,(H,24,26)/t16-,17+/m1/s1. The van der Waals surface area contributed by atoms with Gasteiger partial charge >= 0.3 is 0 Å². The summed E-state index contributed by atoms with van der Waals surface area (Å²) in [5.74, 6) is 1.20. The van der Waals surface area contributed by atoms with Gasteiger partial charge in [0.25, 0.3) is 0 Å². The molecule has 0 bridgehead atoms. The number of thioether (sulfide) groups is 1. The van der Waals surface area contributed by atoms with Crippen LogP contribution in [0.2, 0.25) is 5.02 Å². The van der Waals surface area contributed by atoms with E-state index < -0.39 is 0 Å². The maximum atomic E-state index is 12.3. The average Bonchev–Trinajstić information content (AvgIpc) is 2.67. The third kappa shape index (κ3) is 5.91. The van der Waals surface area contributed by atoms with Gasteiger partial charge in [-0.1, -0.05) is 30.7 Å². The van der Waals surface area contributed by atoms with Gasteiger partial charge in [-0.3, -0.25) is 4.79 Å². The Morgan fingerprint density at radius 2 is 1.93 bits per heavy atom. The Bertz CT molecular complexity index is 748. The van der Waals surface area contributed by atoms with Crippen LogP contribution in [0, 0.1) is 5.92 Å². The molecule has 3 rings (SSSR count). The zero-order valence-corrected chi connectivity index (χ0v) is 17.5. The summed E-state index contributed by atoms with van der Waals surface area (Å²) < 4.78 is 0. The van der Waals surface area contributed by atoms with Gasteiger partial charge in [-0.05, 0) is 67.6 Å². The summed E-state index contributed by atoms with van der Waals surface area (Å²) in [6.45, 7) is 6.62. The molecule has 5 heteroatoms. The molecule has 0 spiro atoms. The first-order valence-corrected chi connectivity index (χ1v) is 10.9. The Labute approximate surface area is 171 Å². The molecule has 1 fully saturated rings. The van der Waals surface area contributed by atoms with Crippen molar-refractivity contribution in [3.8, 4) is 0 Å². The molecule has 1 amide bonds. The highest BCUT2D eigenvalue weighted by atomic mass is 35.5. The van der Waals surface area contributed by atoms with Crippen molar-refractivity contribution in [3.05, 3.63) is 59.1 Å². The number of hydrogen-bond donors (Lipinski definition) is 1. The number of nitrogens with one attached hydrogen (secondary N) is 1. The predicted molar refractivity (Wildman–Crippen MR) is 116 cm³/mol. The predicted octanol–water partition coefficient (Wildman–Crippen LogP) is 5.55. The molecule has 1 N–H and O–H groups in total. The van der Waals surface area contributed by atoms with Gasteiger partial charge in [0, 0.05) is 28.7 Å². The first kappa shape index (κ1) is 20.1. The molecule has 27 heavy (non-hydrogen) atoms. The Balaban J connectivity index is 1.50. The maximum absolute atomic E-state index is 12.3. The van der Waals surface area contributed by atoms with Crippen LogP contribution in [0.5, 0.6) is 0 Å². The highest BCUT2D eigenvalue weighted by Gasteiger charge is 2.17. The molecule has 1 heterocycles. The third-order valence-corrected chi connectivity index (χ3v) is 6.24. The van der Waals surface area contributed by atoms with Crippen molar-refractivity contribution in [3.63, 3.8) is 0 Å². The minimum Gasteiger partial charge on any atom is -0.371 e. The minimum atomic E-state index is -0.00218. The number of nitrogens with zero attached hydrogens (tertiary/aromatic N) is 1. The second kappa shape index (κ2) is 9.52. The normalized spacial score (nSPS) is 18.2. The van der Waals surface area contributed by atoms with Crippen LogP contribution < -0.4 is 10.2 Å². The monoisotopic (exact) mass is 402 g/mol. The van der Waals surface area contributed by atoms with E-state index in [0.717, 1.165) is 29.5 Å². The molecule has 0 unspecified atom stereocenters. The fraction of sp³-hybridized carbons (Fsp3) is 0.409. The van der Waals surface area contributed by atoms with Gasteiger partial charge in [-0.25, -0.2) is 0 Å². The summed E-state index contributed by atoms with van der Waals surface area (Å²) in [7, 11) is 0. The Kier molecular flexibility index (Phi) is 7.08. The van der Waals surface area contributed by atoms with Crippen LogP contribution >= 0.6 is 23.4 Å². The lowest BCUT2D eigenvalue weighted by Gasteiger charge is -2.33. The van der Waals surface area contributed by atoms with E-state index >= 15 is 0 Å². The van der Waals surface area contributed by atoms with Gasteiger partial charge in [0.05, 0.1) is 11.8 Å². The summed E-state index contributed by atoms with van der Waals surface area (Å²) in [4.78, 5) is 15.8.